The lowest BCUT2D eigenvalue weighted by atomic mass is 10.1. The third-order valence-corrected chi connectivity index (χ3v) is 4.86. The summed E-state index contributed by atoms with van der Waals surface area (Å²) in [6.07, 6.45) is 22.2. The molecule has 0 aromatic carbocycles. The average molecular weight is 387 g/mol. The molecule has 0 rings (SSSR count). The first-order valence-electron chi connectivity index (χ1n) is 11.1. The van der Waals surface area contributed by atoms with Crippen LogP contribution in [-0.2, 0) is 18.9 Å². The van der Waals surface area contributed by atoms with Crippen LogP contribution in [0.3, 0.4) is 0 Å². The van der Waals surface area contributed by atoms with Crippen molar-refractivity contribution in [3.63, 3.8) is 0 Å². The number of rotatable bonds is 21. The minimum Gasteiger partial charge on any atom is -0.351 e. The highest BCUT2D eigenvalue weighted by atomic mass is 16.8. The van der Waals surface area contributed by atoms with Crippen LogP contribution in [0.4, 0.5) is 0 Å². The van der Waals surface area contributed by atoms with Crippen LogP contribution < -0.4 is 0 Å². The van der Waals surface area contributed by atoms with E-state index < -0.39 is 12.6 Å². The summed E-state index contributed by atoms with van der Waals surface area (Å²) < 4.78 is 21.2. The van der Waals surface area contributed by atoms with Gasteiger partial charge in [0.1, 0.15) is 0 Å². The minimum absolute atomic E-state index is 0.455. The van der Waals surface area contributed by atoms with E-state index in [2.05, 4.69) is 19.1 Å². The van der Waals surface area contributed by atoms with Crippen molar-refractivity contribution >= 4 is 0 Å². The lowest BCUT2D eigenvalue weighted by Gasteiger charge is -2.23. The molecule has 4 heteroatoms. The molecule has 162 valence electrons. The second kappa shape index (κ2) is 21.9. The van der Waals surface area contributed by atoms with Crippen LogP contribution in [-0.4, -0.2) is 40.5 Å². The molecule has 0 fully saturated rings. The summed E-state index contributed by atoms with van der Waals surface area (Å²) in [6, 6.07) is 0. The van der Waals surface area contributed by atoms with Gasteiger partial charge in [-0.05, 0) is 32.1 Å². The van der Waals surface area contributed by atoms with Crippen LogP contribution in [0.25, 0.3) is 0 Å². The first-order chi connectivity index (χ1) is 13.3. The van der Waals surface area contributed by atoms with Gasteiger partial charge in [-0.1, -0.05) is 76.9 Å². The van der Waals surface area contributed by atoms with Crippen molar-refractivity contribution in [3.8, 4) is 0 Å². The van der Waals surface area contributed by atoms with Crippen molar-refractivity contribution in [1.29, 1.82) is 0 Å². The molecular formula is C23H46O4. The van der Waals surface area contributed by atoms with E-state index in [-0.39, 0.29) is 0 Å². The van der Waals surface area contributed by atoms with Crippen molar-refractivity contribution in [2.24, 2.45) is 0 Å². The summed E-state index contributed by atoms with van der Waals surface area (Å²) in [5.41, 5.74) is 0. The van der Waals surface area contributed by atoms with Crippen LogP contribution >= 0.6 is 0 Å². The zero-order chi connectivity index (χ0) is 20.0. The number of hydrogen-bond donors (Lipinski definition) is 0. The third-order valence-electron chi connectivity index (χ3n) is 4.86. The summed E-state index contributed by atoms with van der Waals surface area (Å²) in [5, 5.41) is 0. The number of ether oxygens (including phenoxy) is 4. The molecule has 0 aromatic rings. The molecule has 0 amide bonds. The van der Waals surface area contributed by atoms with E-state index in [1.807, 2.05) is 0 Å². The van der Waals surface area contributed by atoms with E-state index >= 15 is 0 Å². The smallest absolute Gasteiger partial charge is 0.209 e. The first kappa shape index (κ1) is 26.6. The minimum atomic E-state index is -0.468. The van der Waals surface area contributed by atoms with Gasteiger partial charge in [0, 0.05) is 27.9 Å². The standard InChI is InChI=1S/C23H46O4/c1-5-6-7-8-9-10-11-12-13-14-15-16-17-18-19-20-21-27-23(26-4)22(24-2)25-3/h12-13,22-23H,5-11,14-21H2,1-4H3/b13-12-. The highest BCUT2D eigenvalue weighted by Crippen LogP contribution is 2.11. The van der Waals surface area contributed by atoms with E-state index in [4.69, 9.17) is 18.9 Å². The molecule has 27 heavy (non-hydrogen) atoms. The summed E-state index contributed by atoms with van der Waals surface area (Å²) in [4.78, 5) is 0. The second-order valence-corrected chi connectivity index (χ2v) is 7.25. The van der Waals surface area contributed by atoms with E-state index in [0.717, 1.165) is 6.42 Å². The second-order valence-electron chi connectivity index (χ2n) is 7.25. The van der Waals surface area contributed by atoms with Gasteiger partial charge in [-0.25, -0.2) is 0 Å². The number of unbranched alkanes of at least 4 members (excludes halogenated alkanes) is 12. The maximum Gasteiger partial charge on any atom is 0.209 e. The van der Waals surface area contributed by atoms with Gasteiger partial charge in [0.15, 0.2) is 0 Å². The van der Waals surface area contributed by atoms with Gasteiger partial charge < -0.3 is 18.9 Å². The Morgan fingerprint density at radius 2 is 1.00 bits per heavy atom. The third kappa shape index (κ3) is 17.4. The fraction of sp³-hybridized carbons (Fsp3) is 0.913. The van der Waals surface area contributed by atoms with Crippen molar-refractivity contribution in [1.82, 2.24) is 0 Å². The first-order valence-corrected chi connectivity index (χ1v) is 11.1. The normalized spacial score (nSPS) is 13.1. The lowest BCUT2D eigenvalue weighted by molar-refractivity contribution is -0.263. The summed E-state index contributed by atoms with van der Waals surface area (Å²) in [7, 11) is 4.79. The molecule has 0 N–H and O–H groups in total. The number of allylic oxidation sites excluding steroid dienone is 2. The maximum atomic E-state index is 5.67. The Kier molecular flexibility index (Phi) is 21.5. The van der Waals surface area contributed by atoms with E-state index in [9.17, 15) is 0 Å². The fourth-order valence-corrected chi connectivity index (χ4v) is 3.13. The predicted molar refractivity (Wildman–Crippen MR) is 114 cm³/mol. The molecule has 0 aliphatic heterocycles. The lowest BCUT2D eigenvalue weighted by Crippen LogP contribution is -2.34. The van der Waals surface area contributed by atoms with Gasteiger partial charge in [-0.3, -0.25) is 0 Å². The van der Waals surface area contributed by atoms with Crippen LogP contribution in [0.15, 0.2) is 12.2 Å². The highest BCUT2D eigenvalue weighted by Gasteiger charge is 2.20. The zero-order valence-corrected chi connectivity index (χ0v) is 18.5. The summed E-state index contributed by atoms with van der Waals surface area (Å²) in [5.74, 6) is 0. The molecule has 0 saturated carbocycles. The Morgan fingerprint density at radius 1 is 0.556 bits per heavy atom. The molecule has 1 atom stereocenters. The van der Waals surface area contributed by atoms with Gasteiger partial charge in [0.2, 0.25) is 12.6 Å². The van der Waals surface area contributed by atoms with Crippen LogP contribution in [0.1, 0.15) is 96.8 Å². The van der Waals surface area contributed by atoms with Gasteiger partial charge in [-0.15, -0.1) is 0 Å². The zero-order valence-electron chi connectivity index (χ0n) is 18.5. The fourth-order valence-electron chi connectivity index (χ4n) is 3.13. The van der Waals surface area contributed by atoms with Crippen LogP contribution in [0.5, 0.6) is 0 Å². The molecule has 0 saturated heterocycles. The number of hydrogen-bond acceptors (Lipinski definition) is 4. The van der Waals surface area contributed by atoms with Crippen molar-refractivity contribution in [3.05, 3.63) is 12.2 Å². The largest absolute Gasteiger partial charge is 0.351 e. The SMILES string of the molecule is CCCCCCCC/C=C\CCCCCCCCOC(OC)C(OC)OC. The topological polar surface area (TPSA) is 36.9 Å². The van der Waals surface area contributed by atoms with Crippen LogP contribution in [0, 0.1) is 0 Å². The Morgan fingerprint density at radius 3 is 1.48 bits per heavy atom. The van der Waals surface area contributed by atoms with E-state index in [1.165, 1.54) is 83.5 Å². The molecule has 0 aliphatic rings. The molecule has 0 heterocycles. The molecule has 0 bridgehead atoms. The Balaban J connectivity index is 3.32. The van der Waals surface area contributed by atoms with Gasteiger partial charge in [0.05, 0.1) is 0 Å². The predicted octanol–water partition coefficient (Wildman–Crippen LogP) is 6.63. The summed E-state index contributed by atoms with van der Waals surface area (Å²) >= 11 is 0. The Labute approximate surface area is 169 Å². The van der Waals surface area contributed by atoms with Gasteiger partial charge in [-0.2, -0.15) is 0 Å². The average Bonchev–Trinajstić information content (AvgIpc) is 2.69. The van der Waals surface area contributed by atoms with Crippen LogP contribution in [0.2, 0.25) is 0 Å². The Bertz CT molecular complexity index is 303. The van der Waals surface area contributed by atoms with Crippen molar-refractivity contribution in [2.75, 3.05) is 27.9 Å². The molecule has 0 radical (unpaired) electrons. The summed E-state index contributed by atoms with van der Waals surface area (Å²) in [6.45, 7) is 2.96. The Hall–Kier alpha value is -0.420. The van der Waals surface area contributed by atoms with Gasteiger partial charge >= 0.3 is 0 Å². The van der Waals surface area contributed by atoms with E-state index in [1.54, 1.807) is 21.3 Å². The molecule has 4 nitrogen and oxygen atoms in total. The van der Waals surface area contributed by atoms with E-state index in [0.29, 0.717) is 6.61 Å². The molecular weight excluding hydrogens is 340 g/mol. The molecule has 0 aliphatic carbocycles. The molecule has 0 spiro atoms. The monoisotopic (exact) mass is 386 g/mol. The van der Waals surface area contributed by atoms with Crippen molar-refractivity contribution < 1.29 is 18.9 Å². The van der Waals surface area contributed by atoms with Gasteiger partial charge in [0.25, 0.3) is 0 Å². The maximum absolute atomic E-state index is 5.67. The highest BCUT2D eigenvalue weighted by molar-refractivity contribution is 4.81. The molecule has 0 aromatic heterocycles. The van der Waals surface area contributed by atoms with Crippen molar-refractivity contribution in [2.45, 2.75) is 109 Å². The quantitative estimate of drug-likeness (QED) is 0.126. The molecule has 1 unspecified atom stereocenters. The number of methoxy groups -OCH3 is 3.